The summed E-state index contributed by atoms with van der Waals surface area (Å²) in [7, 11) is 3.64. The molecule has 0 saturated carbocycles. The Kier molecular flexibility index (Phi) is 4.99. The molecular weight excluding hydrogens is 200 g/mol. The van der Waals surface area contributed by atoms with Crippen molar-refractivity contribution >= 4 is 5.91 Å². The summed E-state index contributed by atoms with van der Waals surface area (Å²) in [5, 5.41) is 2.88. The third-order valence-corrected chi connectivity index (χ3v) is 2.76. The molecule has 0 spiro atoms. The van der Waals surface area contributed by atoms with E-state index in [4.69, 9.17) is 0 Å². The zero-order valence-electron chi connectivity index (χ0n) is 10.2. The van der Waals surface area contributed by atoms with Crippen LogP contribution in [0.4, 0.5) is 0 Å². The van der Waals surface area contributed by atoms with Crippen LogP contribution in [0, 0.1) is 0 Å². The van der Waals surface area contributed by atoms with Gasteiger partial charge in [0.2, 0.25) is 5.91 Å². The second-order valence-electron chi connectivity index (χ2n) is 4.07. The highest BCUT2D eigenvalue weighted by Crippen LogP contribution is 2.07. The van der Waals surface area contributed by atoms with Gasteiger partial charge >= 0.3 is 0 Å². The molecule has 16 heavy (non-hydrogen) atoms. The average Bonchev–Trinajstić information content (AvgIpc) is 2.29. The average molecular weight is 220 g/mol. The molecule has 0 aromatic heterocycles. The monoisotopic (exact) mass is 220 g/mol. The van der Waals surface area contributed by atoms with E-state index in [2.05, 4.69) is 24.4 Å². The predicted octanol–water partition coefficient (Wildman–Crippen LogP) is 1.30. The quantitative estimate of drug-likeness (QED) is 0.811. The first-order valence-corrected chi connectivity index (χ1v) is 5.59. The van der Waals surface area contributed by atoms with Crippen LogP contribution in [-0.2, 0) is 11.2 Å². The van der Waals surface area contributed by atoms with Gasteiger partial charge in [-0.15, -0.1) is 0 Å². The van der Waals surface area contributed by atoms with Gasteiger partial charge in [-0.25, -0.2) is 0 Å². The Bertz CT molecular complexity index is 324. The summed E-state index contributed by atoms with van der Waals surface area (Å²) in [5.74, 6) is 0.130. The van der Waals surface area contributed by atoms with Gasteiger partial charge in [-0.3, -0.25) is 4.79 Å². The number of hydrogen-bond donors (Lipinski definition) is 1. The molecule has 1 N–H and O–H groups in total. The van der Waals surface area contributed by atoms with Gasteiger partial charge < -0.3 is 10.2 Å². The van der Waals surface area contributed by atoms with E-state index in [0.29, 0.717) is 6.54 Å². The Morgan fingerprint density at radius 3 is 2.56 bits per heavy atom. The number of amides is 1. The summed E-state index contributed by atoms with van der Waals surface area (Å²) in [5.41, 5.74) is 1.26. The molecule has 0 radical (unpaired) electrons. The van der Waals surface area contributed by atoms with E-state index in [1.807, 2.05) is 25.2 Å². The van der Waals surface area contributed by atoms with Gasteiger partial charge in [-0.05, 0) is 26.0 Å². The molecule has 1 aromatic rings. The molecule has 1 unspecified atom stereocenters. The van der Waals surface area contributed by atoms with Gasteiger partial charge in [-0.2, -0.15) is 0 Å². The van der Waals surface area contributed by atoms with Crippen LogP contribution in [0.5, 0.6) is 0 Å². The minimum absolute atomic E-state index is 0.130. The largest absolute Gasteiger partial charge is 0.342 e. The van der Waals surface area contributed by atoms with Crippen molar-refractivity contribution in [1.82, 2.24) is 10.2 Å². The van der Waals surface area contributed by atoms with E-state index in [1.54, 1.807) is 11.9 Å². The molecule has 1 rings (SSSR count). The lowest BCUT2D eigenvalue weighted by molar-refractivity contribution is -0.130. The van der Waals surface area contributed by atoms with Crippen molar-refractivity contribution in [3.8, 4) is 0 Å². The van der Waals surface area contributed by atoms with E-state index in [1.165, 1.54) is 5.56 Å². The van der Waals surface area contributed by atoms with Crippen LogP contribution in [0.25, 0.3) is 0 Å². The molecule has 1 aromatic carbocycles. The Morgan fingerprint density at radius 1 is 1.38 bits per heavy atom. The molecule has 0 aliphatic rings. The van der Waals surface area contributed by atoms with Crippen LogP contribution >= 0.6 is 0 Å². The van der Waals surface area contributed by atoms with Crippen LogP contribution in [0.1, 0.15) is 12.5 Å². The Labute approximate surface area is 97.5 Å². The van der Waals surface area contributed by atoms with Gasteiger partial charge in [0.15, 0.2) is 0 Å². The molecule has 3 heteroatoms. The number of nitrogens with zero attached hydrogens (tertiary/aromatic N) is 1. The van der Waals surface area contributed by atoms with Crippen molar-refractivity contribution < 1.29 is 4.79 Å². The first-order chi connectivity index (χ1) is 7.65. The number of rotatable bonds is 5. The van der Waals surface area contributed by atoms with E-state index in [0.717, 1.165) is 6.42 Å². The normalized spacial score (nSPS) is 12.2. The van der Waals surface area contributed by atoms with E-state index < -0.39 is 0 Å². The first kappa shape index (κ1) is 12.7. The lowest BCUT2D eigenvalue weighted by Crippen LogP contribution is -2.40. The van der Waals surface area contributed by atoms with Gasteiger partial charge in [0.25, 0.3) is 0 Å². The number of benzene rings is 1. The third-order valence-electron chi connectivity index (χ3n) is 2.76. The molecule has 0 aliphatic carbocycles. The zero-order valence-corrected chi connectivity index (χ0v) is 10.2. The fourth-order valence-electron chi connectivity index (χ4n) is 1.61. The van der Waals surface area contributed by atoms with Crippen molar-refractivity contribution in [2.24, 2.45) is 0 Å². The molecular formula is C13H20N2O. The van der Waals surface area contributed by atoms with E-state index in [-0.39, 0.29) is 11.9 Å². The van der Waals surface area contributed by atoms with Crippen LogP contribution in [0.15, 0.2) is 30.3 Å². The topological polar surface area (TPSA) is 32.3 Å². The lowest BCUT2D eigenvalue weighted by atomic mass is 10.1. The predicted molar refractivity (Wildman–Crippen MR) is 66.3 cm³/mol. The van der Waals surface area contributed by atoms with Crippen molar-refractivity contribution in [1.29, 1.82) is 0 Å². The van der Waals surface area contributed by atoms with E-state index >= 15 is 0 Å². The number of carbonyl (C=O) groups excluding carboxylic acids is 1. The first-order valence-electron chi connectivity index (χ1n) is 5.59. The van der Waals surface area contributed by atoms with E-state index in [9.17, 15) is 4.79 Å². The molecule has 0 bridgehead atoms. The summed E-state index contributed by atoms with van der Waals surface area (Å²) in [4.78, 5) is 13.4. The molecule has 1 amide bonds. The SMILES string of the molecule is CNCC(=O)N(C)C(C)Cc1ccccc1. The van der Waals surface area contributed by atoms with Crippen molar-refractivity contribution in [2.75, 3.05) is 20.6 Å². The minimum Gasteiger partial charge on any atom is -0.342 e. The highest BCUT2D eigenvalue weighted by Gasteiger charge is 2.14. The van der Waals surface area contributed by atoms with Gasteiger partial charge in [0.05, 0.1) is 6.54 Å². The van der Waals surface area contributed by atoms with Crippen LogP contribution in [-0.4, -0.2) is 37.5 Å². The van der Waals surface area contributed by atoms with Crippen LogP contribution in [0.2, 0.25) is 0 Å². The molecule has 0 saturated heterocycles. The summed E-state index contributed by atoms with van der Waals surface area (Å²) < 4.78 is 0. The summed E-state index contributed by atoms with van der Waals surface area (Å²) >= 11 is 0. The Hall–Kier alpha value is -1.35. The second kappa shape index (κ2) is 6.28. The maximum Gasteiger partial charge on any atom is 0.236 e. The molecule has 0 heterocycles. The van der Waals surface area contributed by atoms with Gasteiger partial charge in [-0.1, -0.05) is 30.3 Å². The molecule has 1 atom stereocenters. The molecule has 0 aliphatic heterocycles. The number of nitrogens with one attached hydrogen (secondary N) is 1. The maximum atomic E-state index is 11.6. The third kappa shape index (κ3) is 3.66. The lowest BCUT2D eigenvalue weighted by Gasteiger charge is -2.25. The zero-order chi connectivity index (χ0) is 12.0. The highest BCUT2D eigenvalue weighted by atomic mass is 16.2. The second-order valence-corrected chi connectivity index (χ2v) is 4.07. The maximum absolute atomic E-state index is 11.6. The van der Waals surface area contributed by atoms with Crippen molar-refractivity contribution in [2.45, 2.75) is 19.4 Å². The van der Waals surface area contributed by atoms with Crippen molar-refractivity contribution in [3.63, 3.8) is 0 Å². The van der Waals surface area contributed by atoms with Gasteiger partial charge in [0.1, 0.15) is 0 Å². The molecule has 88 valence electrons. The smallest absolute Gasteiger partial charge is 0.236 e. The fraction of sp³-hybridized carbons (Fsp3) is 0.462. The summed E-state index contributed by atoms with van der Waals surface area (Å²) in [6, 6.07) is 10.5. The van der Waals surface area contributed by atoms with Crippen LogP contribution in [0.3, 0.4) is 0 Å². The Balaban J connectivity index is 2.52. The summed E-state index contributed by atoms with van der Waals surface area (Å²) in [6.45, 7) is 2.47. The molecule has 0 fully saturated rings. The van der Waals surface area contributed by atoms with Gasteiger partial charge in [0, 0.05) is 13.1 Å². The minimum atomic E-state index is 0.130. The fourth-order valence-corrected chi connectivity index (χ4v) is 1.61. The standard InChI is InChI=1S/C13H20N2O/c1-11(15(3)13(16)10-14-2)9-12-7-5-4-6-8-12/h4-8,11,14H,9-10H2,1-3H3. The molecule has 3 nitrogen and oxygen atoms in total. The van der Waals surface area contributed by atoms with Crippen molar-refractivity contribution in [3.05, 3.63) is 35.9 Å². The number of hydrogen-bond acceptors (Lipinski definition) is 2. The highest BCUT2D eigenvalue weighted by molar-refractivity contribution is 5.78. The Morgan fingerprint density at radius 2 is 2.00 bits per heavy atom. The van der Waals surface area contributed by atoms with Crippen LogP contribution < -0.4 is 5.32 Å². The number of carbonyl (C=O) groups is 1. The number of likely N-dealkylation sites (N-methyl/N-ethyl adjacent to an activating group) is 2. The summed E-state index contributed by atoms with van der Waals surface area (Å²) in [6.07, 6.45) is 0.896.